The average Bonchev–Trinajstić information content (AvgIpc) is 2.91. The Balaban J connectivity index is 1.90. The van der Waals surface area contributed by atoms with Crippen molar-refractivity contribution in [1.29, 1.82) is 0 Å². The van der Waals surface area contributed by atoms with E-state index in [1.165, 1.54) is 12.1 Å². The summed E-state index contributed by atoms with van der Waals surface area (Å²) in [5, 5.41) is 10.8. The molecule has 0 amide bonds. The normalized spacial score (nSPS) is 19.5. The van der Waals surface area contributed by atoms with E-state index in [9.17, 15) is 18.5 Å². The third kappa shape index (κ3) is 5.45. The second-order valence-corrected chi connectivity index (χ2v) is 8.28. The van der Waals surface area contributed by atoms with Crippen molar-refractivity contribution in [3.05, 3.63) is 34.4 Å². The van der Waals surface area contributed by atoms with Crippen molar-refractivity contribution in [2.24, 2.45) is 0 Å². The molecule has 1 aliphatic rings. The first-order chi connectivity index (χ1) is 11.4. The molecule has 0 radical (unpaired) electrons. The Kier molecular flexibility index (Phi) is 6.56. The van der Waals surface area contributed by atoms with Gasteiger partial charge in [-0.2, -0.15) is 0 Å². The molecule has 0 aromatic heterocycles. The van der Waals surface area contributed by atoms with Crippen molar-refractivity contribution in [3.8, 4) is 5.75 Å². The van der Waals surface area contributed by atoms with Crippen LogP contribution in [-0.2, 0) is 9.84 Å². The zero-order valence-corrected chi connectivity index (χ0v) is 14.7. The predicted molar refractivity (Wildman–Crippen MR) is 92.1 cm³/mol. The van der Waals surface area contributed by atoms with E-state index in [0.717, 1.165) is 19.4 Å². The fourth-order valence-corrected chi connectivity index (χ4v) is 4.63. The van der Waals surface area contributed by atoms with Crippen molar-refractivity contribution in [1.82, 2.24) is 4.90 Å². The standard InChI is InChI=1S/C16H24N2O5S/c1-2-3-8-17(15-7-11-24(21,22)13-15)9-10-23-16-6-4-5-14(12-16)18(19)20/h4-6,12,15H,2-3,7-11,13H2,1H3. The van der Waals surface area contributed by atoms with Crippen LogP contribution < -0.4 is 4.74 Å². The Bertz CT molecular complexity index is 662. The minimum absolute atomic E-state index is 0.00257. The van der Waals surface area contributed by atoms with Crippen molar-refractivity contribution in [2.45, 2.75) is 32.2 Å². The number of nitrogens with zero attached hydrogens (tertiary/aromatic N) is 2. The second kappa shape index (κ2) is 8.43. The first kappa shape index (κ1) is 18.7. The molecule has 0 bridgehead atoms. The van der Waals surface area contributed by atoms with Gasteiger partial charge in [-0.3, -0.25) is 15.0 Å². The zero-order chi connectivity index (χ0) is 17.6. The fourth-order valence-electron chi connectivity index (χ4n) is 2.87. The van der Waals surface area contributed by atoms with Crippen LogP contribution in [0, 0.1) is 10.1 Å². The lowest BCUT2D eigenvalue weighted by atomic mass is 10.2. The van der Waals surface area contributed by atoms with Crippen LogP contribution >= 0.6 is 0 Å². The van der Waals surface area contributed by atoms with Gasteiger partial charge in [-0.05, 0) is 25.5 Å². The lowest BCUT2D eigenvalue weighted by Crippen LogP contribution is -2.39. The molecule has 24 heavy (non-hydrogen) atoms. The van der Waals surface area contributed by atoms with Gasteiger partial charge in [0.1, 0.15) is 12.4 Å². The highest BCUT2D eigenvalue weighted by molar-refractivity contribution is 7.91. The van der Waals surface area contributed by atoms with Crippen LogP contribution in [0.2, 0.25) is 0 Å². The van der Waals surface area contributed by atoms with Gasteiger partial charge in [0.2, 0.25) is 0 Å². The van der Waals surface area contributed by atoms with Crippen molar-refractivity contribution < 1.29 is 18.1 Å². The van der Waals surface area contributed by atoms with E-state index < -0.39 is 14.8 Å². The highest BCUT2D eigenvalue weighted by Crippen LogP contribution is 2.20. The van der Waals surface area contributed by atoms with E-state index in [1.807, 2.05) is 0 Å². The van der Waals surface area contributed by atoms with Gasteiger partial charge in [-0.1, -0.05) is 19.4 Å². The number of nitro groups is 1. The van der Waals surface area contributed by atoms with Gasteiger partial charge in [0, 0.05) is 18.7 Å². The molecule has 0 spiro atoms. The fraction of sp³-hybridized carbons (Fsp3) is 0.625. The summed E-state index contributed by atoms with van der Waals surface area (Å²) in [6.45, 7) is 3.93. The molecule has 0 aliphatic carbocycles. The number of hydrogen-bond acceptors (Lipinski definition) is 6. The molecule has 8 heteroatoms. The molecular weight excluding hydrogens is 332 g/mol. The maximum absolute atomic E-state index is 11.7. The van der Waals surface area contributed by atoms with Crippen LogP contribution in [0.1, 0.15) is 26.2 Å². The third-order valence-electron chi connectivity index (χ3n) is 4.20. The largest absolute Gasteiger partial charge is 0.492 e. The van der Waals surface area contributed by atoms with Crippen LogP contribution in [-0.4, -0.2) is 55.5 Å². The van der Waals surface area contributed by atoms with Gasteiger partial charge >= 0.3 is 0 Å². The van der Waals surface area contributed by atoms with Gasteiger partial charge in [0.05, 0.1) is 22.5 Å². The Hall–Kier alpha value is -1.67. The summed E-state index contributed by atoms with van der Waals surface area (Å²) >= 11 is 0. The molecule has 1 heterocycles. The number of rotatable bonds is 9. The summed E-state index contributed by atoms with van der Waals surface area (Å²) in [6.07, 6.45) is 2.72. The maximum atomic E-state index is 11.7. The summed E-state index contributed by atoms with van der Waals surface area (Å²) in [5.74, 6) is 0.929. The van der Waals surface area contributed by atoms with E-state index in [2.05, 4.69) is 11.8 Å². The van der Waals surface area contributed by atoms with Crippen LogP contribution in [0.4, 0.5) is 5.69 Å². The average molecular weight is 356 g/mol. The molecule has 1 aliphatic heterocycles. The number of benzene rings is 1. The van der Waals surface area contributed by atoms with Crippen molar-refractivity contribution >= 4 is 15.5 Å². The topological polar surface area (TPSA) is 89.8 Å². The SMILES string of the molecule is CCCCN(CCOc1cccc([N+](=O)[O-])c1)C1CCS(=O)(=O)C1. The van der Waals surface area contributed by atoms with Crippen LogP contribution in [0.15, 0.2) is 24.3 Å². The van der Waals surface area contributed by atoms with Gasteiger partial charge in [0.25, 0.3) is 5.69 Å². The van der Waals surface area contributed by atoms with E-state index in [-0.39, 0.29) is 23.2 Å². The molecule has 1 aromatic carbocycles. The zero-order valence-electron chi connectivity index (χ0n) is 13.9. The quantitative estimate of drug-likeness (QED) is 0.498. The minimum Gasteiger partial charge on any atom is -0.492 e. The number of hydrogen-bond donors (Lipinski definition) is 0. The van der Waals surface area contributed by atoms with Gasteiger partial charge in [0.15, 0.2) is 9.84 Å². The van der Waals surface area contributed by atoms with E-state index in [1.54, 1.807) is 12.1 Å². The van der Waals surface area contributed by atoms with E-state index >= 15 is 0 Å². The number of non-ortho nitro benzene ring substituents is 1. The summed E-state index contributed by atoms with van der Waals surface area (Å²) in [7, 11) is -2.92. The minimum atomic E-state index is -2.92. The highest BCUT2D eigenvalue weighted by atomic mass is 32.2. The molecular formula is C16H24N2O5S. The molecule has 1 atom stereocenters. The summed E-state index contributed by atoms with van der Waals surface area (Å²) in [4.78, 5) is 12.5. The summed E-state index contributed by atoms with van der Waals surface area (Å²) in [6, 6.07) is 6.14. The number of ether oxygens (including phenoxy) is 1. The Morgan fingerprint density at radius 3 is 2.79 bits per heavy atom. The number of sulfone groups is 1. The van der Waals surface area contributed by atoms with Crippen molar-refractivity contribution in [2.75, 3.05) is 31.2 Å². The molecule has 1 unspecified atom stereocenters. The smallest absolute Gasteiger partial charge is 0.273 e. The molecule has 1 fully saturated rings. The Morgan fingerprint density at radius 2 is 2.17 bits per heavy atom. The molecule has 0 saturated carbocycles. The van der Waals surface area contributed by atoms with Gasteiger partial charge in [-0.25, -0.2) is 8.42 Å². The first-order valence-electron chi connectivity index (χ1n) is 8.23. The molecule has 7 nitrogen and oxygen atoms in total. The molecule has 0 N–H and O–H groups in total. The molecule has 1 saturated heterocycles. The molecule has 2 rings (SSSR count). The van der Waals surface area contributed by atoms with Crippen LogP contribution in [0.5, 0.6) is 5.75 Å². The van der Waals surface area contributed by atoms with Crippen molar-refractivity contribution in [3.63, 3.8) is 0 Å². The summed E-state index contributed by atoms with van der Waals surface area (Å²) in [5.41, 5.74) is -0.00257. The monoisotopic (exact) mass is 356 g/mol. The number of nitro benzene ring substituents is 1. The highest BCUT2D eigenvalue weighted by Gasteiger charge is 2.31. The lowest BCUT2D eigenvalue weighted by molar-refractivity contribution is -0.384. The molecule has 1 aromatic rings. The third-order valence-corrected chi connectivity index (χ3v) is 5.95. The molecule has 134 valence electrons. The van der Waals surface area contributed by atoms with E-state index in [4.69, 9.17) is 4.74 Å². The predicted octanol–water partition coefficient (Wildman–Crippen LogP) is 2.26. The number of unbranched alkanes of at least 4 members (excludes halogenated alkanes) is 1. The van der Waals surface area contributed by atoms with Gasteiger partial charge in [-0.15, -0.1) is 0 Å². The lowest BCUT2D eigenvalue weighted by Gasteiger charge is -2.27. The Labute approximate surface area is 142 Å². The second-order valence-electron chi connectivity index (χ2n) is 6.05. The summed E-state index contributed by atoms with van der Waals surface area (Å²) < 4.78 is 29.0. The Morgan fingerprint density at radius 1 is 1.38 bits per heavy atom. The maximum Gasteiger partial charge on any atom is 0.273 e. The van der Waals surface area contributed by atoms with E-state index in [0.29, 0.717) is 25.3 Å². The van der Waals surface area contributed by atoms with Gasteiger partial charge < -0.3 is 4.74 Å². The van der Waals surface area contributed by atoms with Crippen LogP contribution in [0.3, 0.4) is 0 Å². The first-order valence-corrected chi connectivity index (χ1v) is 10.0. The van der Waals surface area contributed by atoms with Crippen LogP contribution in [0.25, 0.3) is 0 Å².